The molecule has 0 unspecified atom stereocenters. The predicted molar refractivity (Wildman–Crippen MR) is 68.6 cm³/mol. The first-order chi connectivity index (χ1) is 8.89. The van der Waals surface area contributed by atoms with Gasteiger partial charge in [-0.3, -0.25) is 4.90 Å². The van der Waals surface area contributed by atoms with Crippen molar-refractivity contribution >= 4 is 12.4 Å². The van der Waals surface area contributed by atoms with Gasteiger partial charge in [0.1, 0.15) is 17.6 Å². The molecule has 114 valence electrons. The minimum atomic E-state index is -4.57. The van der Waals surface area contributed by atoms with E-state index >= 15 is 0 Å². The Labute approximate surface area is 120 Å². The number of phenols is 1. The number of benzene rings is 1. The van der Waals surface area contributed by atoms with E-state index in [1.54, 1.807) is 0 Å². The van der Waals surface area contributed by atoms with Crippen LogP contribution in [0.15, 0.2) is 18.2 Å². The largest absolute Gasteiger partial charge is 0.508 e. The van der Waals surface area contributed by atoms with E-state index in [0.717, 1.165) is 18.2 Å². The Morgan fingerprint density at radius 1 is 1.20 bits per heavy atom. The lowest BCUT2D eigenvalue weighted by atomic mass is 10.0. The fraction of sp³-hybridized carbons (Fsp3) is 0.500. The zero-order chi connectivity index (χ0) is 14.0. The van der Waals surface area contributed by atoms with Crippen molar-refractivity contribution in [2.45, 2.75) is 12.2 Å². The van der Waals surface area contributed by atoms with Crippen LogP contribution in [-0.2, 0) is 0 Å². The van der Waals surface area contributed by atoms with Crippen molar-refractivity contribution in [3.8, 4) is 5.75 Å². The van der Waals surface area contributed by atoms with Crippen LogP contribution in [0.25, 0.3) is 0 Å². The molecule has 1 aliphatic heterocycles. The number of hydrogen-bond acceptors (Lipinski definition) is 3. The lowest BCUT2D eigenvalue weighted by molar-refractivity contribution is -0.188. The van der Waals surface area contributed by atoms with E-state index in [2.05, 4.69) is 5.32 Å². The van der Waals surface area contributed by atoms with Gasteiger partial charge in [0.2, 0.25) is 0 Å². The van der Waals surface area contributed by atoms with E-state index in [1.165, 1.54) is 4.90 Å². The number of rotatable bonds is 2. The maximum absolute atomic E-state index is 13.2. The average molecular weight is 315 g/mol. The number of nitrogens with zero attached hydrogens (tertiary/aromatic N) is 1. The Kier molecular flexibility index (Phi) is 5.61. The van der Waals surface area contributed by atoms with Crippen molar-refractivity contribution in [3.05, 3.63) is 29.6 Å². The zero-order valence-corrected chi connectivity index (χ0v) is 11.3. The second-order valence-electron chi connectivity index (χ2n) is 4.43. The topological polar surface area (TPSA) is 35.5 Å². The van der Waals surface area contributed by atoms with Crippen LogP contribution < -0.4 is 5.32 Å². The summed E-state index contributed by atoms with van der Waals surface area (Å²) in [4.78, 5) is 1.20. The Hall–Kier alpha value is -1.05. The van der Waals surface area contributed by atoms with Crippen molar-refractivity contribution in [2.24, 2.45) is 0 Å². The third-order valence-corrected chi connectivity index (χ3v) is 3.11. The molecule has 0 bridgehead atoms. The van der Waals surface area contributed by atoms with Crippen LogP contribution in [0.5, 0.6) is 5.75 Å². The van der Waals surface area contributed by atoms with Gasteiger partial charge in [0.05, 0.1) is 0 Å². The third kappa shape index (κ3) is 3.74. The van der Waals surface area contributed by atoms with Crippen LogP contribution in [0.1, 0.15) is 11.6 Å². The minimum Gasteiger partial charge on any atom is -0.508 e. The van der Waals surface area contributed by atoms with Crippen molar-refractivity contribution in [1.82, 2.24) is 10.2 Å². The zero-order valence-electron chi connectivity index (χ0n) is 10.5. The lowest BCUT2D eigenvalue weighted by Gasteiger charge is -2.36. The highest BCUT2D eigenvalue weighted by Gasteiger charge is 2.46. The molecule has 0 spiro atoms. The monoisotopic (exact) mass is 314 g/mol. The molecule has 1 saturated heterocycles. The molecule has 2 rings (SSSR count). The van der Waals surface area contributed by atoms with Gasteiger partial charge in [-0.15, -0.1) is 12.4 Å². The number of nitrogens with one attached hydrogen (secondary N) is 1. The first-order valence-corrected chi connectivity index (χ1v) is 5.89. The Balaban J connectivity index is 0.00000200. The molecule has 3 nitrogen and oxygen atoms in total. The van der Waals surface area contributed by atoms with Crippen LogP contribution in [0.3, 0.4) is 0 Å². The summed E-state index contributed by atoms with van der Waals surface area (Å²) in [5, 5.41) is 12.5. The fourth-order valence-electron chi connectivity index (χ4n) is 2.26. The van der Waals surface area contributed by atoms with Gasteiger partial charge in [-0.05, 0) is 18.2 Å². The molecule has 1 aromatic carbocycles. The lowest BCUT2D eigenvalue weighted by Crippen LogP contribution is -2.49. The first-order valence-electron chi connectivity index (χ1n) is 5.89. The van der Waals surface area contributed by atoms with Crippen LogP contribution in [0.4, 0.5) is 17.6 Å². The number of hydrogen-bond donors (Lipinski definition) is 2. The van der Waals surface area contributed by atoms with Crippen molar-refractivity contribution in [2.75, 3.05) is 26.2 Å². The van der Waals surface area contributed by atoms with Gasteiger partial charge in [0.25, 0.3) is 0 Å². The van der Waals surface area contributed by atoms with Crippen LogP contribution >= 0.6 is 12.4 Å². The molecule has 0 aliphatic carbocycles. The minimum absolute atomic E-state index is 0. The number of phenolic OH excluding ortho intramolecular Hbond substituents is 1. The smallest absolute Gasteiger partial charge is 0.408 e. The Morgan fingerprint density at radius 2 is 1.80 bits per heavy atom. The molecule has 0 saturated carbocycles. The van der Waals surface area contributed by atoms with Crippen molar-refractivity contribution < 1.29 is 22.7 Å². The highest BCUT2D eigenvalue weighted by Crippen LogP contribution is 2.41. The summed E-state index contributed by atoms with van der Waals surface area (Å²) in [5.41, 5.74) is -0.436. The average Bonchev–Trinajstić information content (AvgIpc) is 2.33. The van der Waals surface area contributed by atoms with Gasteiger partial charge < -0.3 is 10.4 Å². The van der Waals surface area contributed by atoms with E-state index in [4.69, 9.17) is 0 Å². The molecule has 0 aromatic heterocycles. The summed E-state index contributed by atoms with van der Waals surface area (Å²) < 4.78 is 52.8. The summed E-state index contributed by atoms with van der Waals surface area (Å²) >= 11 is 0. The Bertz CT molecular complexity index is 450. The summed E-state index contributed by atoms with van der Waals surface area (Å²) in [6, 6.07) is 0.649. The molecular weight excluding hydrogens is 300 g/mol. The van der Waals surface area contributed by atoms with E-state index in [0.29, 0.717) is 13.1 Å². The number of alkyl halides is 3. The highest BCUT2D eigenvalue weighted by molar-refractivity contribution is 5.85. The van der Waals surface area contributed by atoms with E-state index in [-0.39, 0.29) is 25.5 Å². The fourth-order valence-corrected chi connectivity index (χ4v) is 2.26. The molecule has 1 aromatic rings. The van der Waals surface area contributed by atoms with Gasteiger partial charge in [-0.25, -0.2) is 4.39 Å². The standard InChI is InChI=1S/C12H14F4N2O.ClH/c13-8-1-2-10(19)9(7-8)11(12(14,15)16)18-5-3-17-4-6-18;/h1-2,7,11,17,19H,3-6H2;1H/t11-;/m1./s1. The van der Waals surface area contributed by atoms with Crippen molar-refractivity contribution in [1.29, 1.82) is 0 Å². The van der Waals surface area contributed by atoms with Crippen molar-refractivity contribution in [3.63, 3.8) is 0 Å². The molecule has 1 heterocycles. The summed E-state index contributed by atoms with van der Waals surface area (Å²) in [6.45, 7) is 1.26. The molecule has 2 N–H and O–H groups in total. The molecule has 0 amide bonds. The molecule has 1 aliphatic rings. The molecular formula is C12H15ClF4N2O. The van der Waals surface area contributed by atoms with Gasteiger partial charge in [-0.2, -0.15) is 13.2 Å². The Morgan fingerprint density at radius 3 is 2.35 bits per heavy atom. The predicted octanol–water partition coefficient (Wildman–Crippen LogP) is 2.46. The molecule has 20 heavy (non-hydrogen) atoms. The van der Waals surface area contributed by atoms with Gasteiger partial charge in [-0.1, -0.05) is 0 Å². The molecule has 1 fully saturated rings. The summed E-state index contributed by atoms with van der Waals surface area (Å²) in [7, 11) is 0. The van der Waals surface area contributed by atoms with E-state index in [9.17, 15) is 22.7 Å². The van der Waals surface area contributed by atoms with Gasteiger partial charge in [0, 0.05) is 31.7 Å². The molecule has 8 heteroatoms. The highest BCUT2D eigenvalue weighted by atomic mass is 35.5. The normalized spacial score (nSPS) is 18.4. The second-order valence-corrected chi connectivity index (χ2v) is 4.43. The maximum atomic E-state index is 13.2. The third-order valence-electron chi connectivity index (χ3n) is 3.11. The SMILES string of the molecule is Cl.Oc1ccc(F)cc1[C@@H](N1CCNCC1)C(F)(F)F. The first kappa shape index (κ1) is 17.0. The molecule has 1 atom stereocenters. The summed E-state index contributed by atoms with van der Waals surface area (Å²) in [6.07, 6.45) is -4.57. The number of aromatic hydroxyl groups is 1. The second kappa shape index (κ2) is 6.60. The quantitative estimate of drug-likeness (QED) is 0.823. The van der Waals surface area contributed by atoms with Gasteiger partial charge >= 0.3 is 6.18 Å². The van der Waals surface area contributed by atoms with E-state index < -0.39 is 29.3 Å². The van der Waals surface area contributed by atoms with Crippen LogP contribution in [0, 0.1) is 5.82 Å². The summed E-state index contributed by atoms with van der Waals surface area (Å²) in [5.74, 6) is -1.33. The maximum Gasteiger partial charge on any atom is 0.408 e. The number of piperazine rings is 1. The van der Waals surface area contributed by atoms with Crippen LogP contribution in [0.2, 0.25) is 0 Å². The van der Waals surface area contributed by atoms with Crippen LogP contribution in [-0.4, -0.2) is 42.4 Å². The van der Waals surface area contributed by atoms with E-state index in [1.807, 2.05) is 0 Å². The van der Waals surface area contributed by atoms with Gasteiger partial charge in [0.15, 0.2) is 0 Å². The number of halogens is 5. The molecule has 0 radical (unpaired) electrons.